The number of allylic oxidation sites excluding steroid dienone is 4. The van der Waals surface area contributed by atoms with Crippen molar-refractivity contribution in [2.45, 2.75) is 82.8 Å². The largest absolute Gasteiger partial charge is 0.348 e. The molecule has 2 aliphatic heterocycles. The molecule has 7 aliphatic rings. The monoisotopic (exact) mass is 455 g/mol. The molecule has 2 aromatic rings. The fraction of sp³-hybridized carbons (Fsp3) is 0.586. The Hall–Kier alpha value is -2.56. The maximum atomic E-state index is 14.4. The van der Waals surface area contributed by atoms with Crippen LogP contribution in [0.2, 0.25) is 0 Å². The fourth-order valence-corrected chi connectivity index (χ4v) is 10.0. The minimum Gasteiger partial charge on any atom is -0.246 e. The zero-order valence-corrected chi connectivity index (χ0v) is 20.5. The van der Waals surface area contributed by atoms with Gasteiger partial charge in [0.1, 0.15) is 0 Å². The van der Waals surface area contributed by atoms with Gasteiger partial charge in [0, 0.05) is 11.5 Å². The van der Waals surface area contributed by atoms with E-state index >= 15 is 0 Å². The van der Waals surface area contributed by atoms with E-state index < -0.39 is 5.54 Å². The summed E-state index contributed by atoms with van der Waals surface area (Å²) in [6, 6.07) is 8.62. The molecule has 0 unspecified atom stereocenters. The van der Waals surface area contributed by atoms with E-state index in [1.807, 2.05) is 9.36 Å². The summed E-state index contributed by atoms with van der Waals surface area (Å²) in [7, 11) is 0. The lowest BCUT2D eigenvalue weighted by Gasteiger charge is -2.71. The second-order valence-corrected chi connectivity index (χ2v) is 13.0. The summed E-state index contributed by atoms with van der Waals surface area (Å²) in [5.74, 6) is 0.575. The van der Waals surface area contributed by atoms with Crippen molar-refractivity contribution < 1.29 is 0 Å². The van der Waals surface area contributed by atoms with Crippen molar-refractivity contribution in [2.24, 2.45) is 22.2 Å². The normalized spacial score (nSPS) is 45.5. The molecule has 4 bridgehead atoms. The van der Waals surface area contributed by atoms with Crippen LogP contribution in [0.25, 0.3) is 0 Å². The number of fused-ring (bicyclic) bond motifs is 3. The minimum absolute atomic E-state index is 0.0234. The first-order valence-electron chi connectivity index (χ1n) is 13.1. The van der Waals surface area contributed by atoms with Crippen LogP contribution in [0.1, 0.15) is 76.6 Å². The molecule has 176 valence electrons. The van der Waals surface area contributed by atoms with E-state index in [0.29, 0.717) is 5.92 Å². The molecule has 3 heterocycles. The van der Waals surface area contributed by atoms with Gasteiger partial charge in [-0.25, -0.2) is 23.5 Å². The van der Waals surface area contributed by atoms with Crippen molar-refractivity contribution >= 4 is 0 Å². The van der Waals surface area contributed by atoms with Gasteiger partial charge in [-0.1, -0.05) is 69.3 Å². The van der Waals surface area contributed by atoms with Crippen LogP contribution < -0.4 is 11.4 Å². The zero-order chi connectivity index (χ0) is 23.5. The molecule has 34 heavy (non-hydrogen) atoms. The molecule has 0 spiro atoms. The number of aryl methyl sites for hydroxylation is 1. The third-order valence-corrected chi connectivity index (χ3v) is 12.3. The lowest BCUT2D eigenvalue weighted by molar-refractivity contribution is -0.0557. The zero-order valence-electron chi connectivity index (χ0n) is 20.5. The predicted molar refractivity (Wildman–Crippen MR) is 131 cm³/mol. The Balaban J connectivity index is 1.42. The molecular formula is C29H33N3O2. The Morgan fingerprint density at radius 2 is 1.74 bits per heavy atom. The van der Waals surface area contributed by atoms with Gasteiger partial charge in [0.15, 0.2) is 0 Å². The Labute approximate surface area is 199 Å². The van der Waals surface area contributed by atoms with Gasteiger partial charge in [-0.05, 0) is 66.9 Å². The first-order valence-corrected chi connectivity index (χ1v) is 13.1. The van der Waals surface area contributed by atoms with Crippen LogP contribution in [0, 0.1) is 22.2 Å². The summed E-state index contributed by atoms with van der Waals surface area (Å²) in [6.07, 6.45) is 14.4. The first-order chi connectivity index (χ1) is 16.1. The second kappa shape index (κ2) is 5.32. The van der Waals surface area contributed by atoms with E-state index in [2.05, 4.69) is 76.3 Å². The van der Waals surface area contributed by atoms with Gasteiger partial charge in [0.2, 0.25) is 0 Å². The number of nitrogens with zero attached hydrogens (tertiary/aromatic N) is 3. The molecule has 2 fully saturated rings. The van der Waals surface area contributed by atoms with Crippen molar-refractivity contribution in [1.82, 2.24) is 13.9 Å². The van der Waals surface area contributed by atoms with Gasteiger partial charge in [-0.2, -0.15) is 0 Å². The Morgan fingerprint density at radius 3 is 2.41 bits per heavy atom. The van der Waals surface area contributed by atoms with Crippen LogP contribution in [0.5, 0.6) is 0 Å². The smallest absolute Gasteiger partial charge is 0.246 e. The quantitative estimate of drug-likeness (QED) is 0.596. The number of hydrogen-bond donors (Lipinski definition) is 0. The Bertz CT molecular complexity index is 1490. The standard InChI is InChI=1S/C29H33N3O2/c1-25(2)19-10-12-26(25,3)22(17-19)30-23(33)31-21-11-13-27(4,32(31)24(30)34)29-16-15-28(21,29)14-9-18-7-5-6-8-20(18)29/h5-8,11,13,15-16,19,21-22H,9-10,12,14,17H2,1-4H3/t19-,21-,22-,26-,27-,28+,29+/m1/s1. The maximum absolute atomic E-state index is 14.4. The highest BCUT2D eigenvalue weighted by atomic mass is 16.2. The van der Waals surface area contributed by atoms with Crippen molar-refractivity contribution in [3.63, 3.8) is 0 Å². The summed E-state index contributed by atoms with van der Waals surface area (Å²) in [4.78, 5) is 28.6. The average Bonchev–Trinajstić information content (AvgIpc) is 3.26. The third-order valence-electron chi connectivity index (χ3n) is 12.3. The minimum atomic E-state index is -0.609. The number of benzene rings is 1. The van der Waals surface area contributed by atoms with Crippen LogP contribution in [-0.4, -0.2) is 13.9 Å². The molecular weight excluding hydrogens is 422 g/mol. The second-order valence-electron chi connectivity index (χ2n) is 13.0. The van der Waals surface area contributed by atoms with Gasteiger partial charge < -0.3 is 0 Å². The van der Waals surface area contributed by atoms with Gasteiger partial charge in [-0.3, -0.25) is 0 Å². The third kappa shape index (κ3) is 1.59. The van der Waals surface area contributed by atoms with Crippen LogP contribution in [-0.2, 0) is 17.4 Å². The van der Waals surface area contributed by atoms with Crippen LogP contribution >= 0.6 is 0 Å². The number of aromatic nitrogens is 3. The lowest BCUT2D eigenvalue weighted by atomic mass is 9.37. The van der Waals surface area contributed by atoms with Crippen LogP contribution in [0.15, 0.2) is 58.2 Å². The first kappa shape index (κ1) is 19.7. The summed E-state index contributed by atoms with van der Waals surface area (Å²) in [5.41, 5.74) is 1.59. The molecule has 5 nitrogen and oxygen atoms in total. The molecule has 1 aromatic carbocycles. The molecule has 0 radical (unpaired) electrons. The molecule has 0 amide bonds. The van der Waals surface area contributed by atoms with Gasteiger partial charge in [0.25, 0.3) is 0 Å². The molecule has 5 aliphatic carbocycles. The molecule has 1 aromatic heterocycles. The number of rotatable bonds is 1. The van der Waals surface area contributed by atoms with Gasteiger partial charge in [-0.15, -0.1) is 0 Å². The highest BCUT2D eigenvalue weighted by Gasteiger charge is 2.74. The summed E-state index contributed by atoms with van der Waals surface area (Å²) in [6.45, 7) is 9.21. The Morgan fingerprint density at radius 1 is 0.941 bits per heavy atom. The van der Waals surface area contributed by atoms with Crippen LogP contribution in [0.4, 0.5) is 0 Å². The van der Waals surface area contributed by atoms with E-state index in [0.717, 1.165) is 25.7 Å². The average molecular weight is 456 g/mol. The van der Waals surface area contributed by atoms with Crippen LogP contribution in [0.3, 0.4) is 0 Å². The van der Waals surface area contributed by atoms with E-state index in [1.54, 1.807) is 4.57 Å². The molecule has 5 heteroatoms. The van der Waals surface area contributed by atoms with E-state index in [9.17, 15) is 9.59 Å². The van der Waals surface area contributed by atoms with Crippen molar-refractivity contribution in [3.8, 4) is 0 Å². The molecule has 2 saturated carbocycles. The topological polar surface area (TPSA) is 48.9 Å². The van der Waals surface area contributed by atoms with Crippen molar-refractivity contribution in [3.05, 3.63) is 80.7 Å². The van der Waals surface area contributed by atoms with Gasteiger partial charge in [0.05, 0.1) is 17.0 Å². The predicted octanol–water partition coefficient (Wildman–Crippen LogP) is 4.48. The fourth-order valence-electron chi connectivity index (χ4n) is 10.0. The molecule has 9 rings (SSSR count). The summed E-state index contributed by atoms with van der Waals surface area (Å²) >= 11 is 0. The molecule has 0 N–H and O–H groups in total. The molecule has 0 saturated heterocycles. The SMILES string of the molecule is CC1(C)[C@@H]2CC[C@]1(C)[C@H](n1c(=O)n3n(c1=O)[C@]1(C)C=C[C@@H]3[C@]34C=C[C@]13c1ccccc1CC4)C2. The number of hydrogen-bond acceptors (Lipinski definition) is 2. The van der Waals surface area contributed by atoms with Crippen molar-refractivity contribution in [1.29, 1.82) is 0 Å². The highest BCUT2D eigenvalue weighted by molar-refractivity contribution is 5.59. The van der Waals surface area contributed by atoms with Gasteiger partial charge >= 0.3 is 11.4 Å². The van der Waals surface area contributed by atoms with E-state index in [4.69, 9.17) is 0 Å². The highest BCUT2D eigenvalue weighted by Crippen LogP contribution is 2.73. The maximum Gasteiger partial charge on any atom is 0.348 e. The van der Waals surface area contributed by atoms with E-state index in [1.165, 1.54) is 17.5 Å². The molecule has 7 atom stereocenters. The Kier molecular flexibility index (Phi) is 3.08. The summed E-state index contributed by atoms with van der Waals surface area (Å²) < 4.78 is 5.42. The van der Waals surface area contributed by atoms with Crippen molar-refractivity contribution in [2.75, 3.05) is 0 Å². The van der Waals surface area contributed by atoms with E-state index in [-0.39, 0.29) is 45.1 Å². The lowest BCUT2D eigenvalue weighted by Crippen LogP contribution is -2.74. The summed E-state index contributed by atoms with van der Waals surface area (Å²) in [5, 5.41) is 0.